The molecule has 0 aromatic heterocycles. The van der Waals surface area contributed by atoms with E-state index in [1.807, 2.05) is 30.3 Å². The number of halogens is 1. The largest absolute Gasteiger partial charge is 0.491 e. The number of hydrogen-bond acceptors (Lipinski definition) is 3. The van der Waals surface area contributed by atoms with Crippen LogP contribution in [0.1, 0.15) is 11.1 Å². The normalized spacial score (nSPS) is 14.4. The molecule has 2 aromatic rings. The number of nitrogen functional groups attached to an aromatic ring is 1. The number of anilines is 2. The number of nitrogens with two attached hydrogens (primary N) is 1. The van der Waals surface area contributed by atoms with Gasteiger partial charge in [-0.15, -0.1) is 0 Å². The minimum absolute atomic E-state index is 0.601. The summed E-state index contributed by atoms with van der Waals surface area (Å²) in [7, 11) is 0. The van der Waals surface area contributed by atoms with Gasteiger partial charge in [0.25, 0.3) is 0 Å². The van der Waals surface area contributed by atoms with Gasteiger partial charge in [-0.2, -0.15) is 0 Å². The number of nitrogens with zero attached hydrogens (tertiary/aromatic N) is 1. The summed E-state index contributed by atoms with van der Waals surface area (Å²) >= 11 is 6.16. The summed E-state index contributed by atoms with van der Waals surface area (Å²) in [6.07, 6.45) is 0. The molecule has 0 spiro atoms. The van der Waals surface area contributed by atoms with Gasteiger partial charge in [-0.25, -0.2) is 0 Å². The molecule has 0 bridgehead atoms. The number of ether oxygens (including phenoxy) is 1. The quantitative estimate of drug-likeness (QED) is 0.815. The Labute approximate surface area is 123 Å². The Morgan fingerprint density at radius 1 is 1.25 bits per heavy atom. The van der Waals surface area contributed by atoms with Crippen LogP contribution in [0.2, 0.25) is 5.02 Å². The fourth-order valence-corrected chi connectivity index (χ4v) is 2.72. The number of rotatable bonds is 1. The molecule has 0 fully saturated rings. The average Bonchev–Trinajstić information content (AvgIpc) is 2.65. The van der Waals surface area contributed by atoms with Crippen molar-refractivity contribution in [3.05, 3.63) is 52.5 Å². The van der Waals surface area contributed by atoms with E-state index in [2.05, 4.69) is 17.9 Å². The van der Waals surface area contributed by atoms with E-state index in [0.717, 1.165) is 30.1 Å². The van der Waals surface area contributed by atoms with E-state index in [1.54, 1.807) is 0 Å². The lowest BCUT2D eigenvalue weighted by Crippen LogP contribution is -2.26. The maximum absolute atomic E-state index is 6.16. The molecule has 0 unspecified atom stereocenters. The van der Waals surface area contributed by atoms with Gasteiger partial charge in [-0.3, -0.25) is 0 Å². The first-order chi connectivity index (χ1) is 9.65. The summed E-state index contributed by atoms with van der Waals surface area (Å²) < 4.78 is 5.79. The molecule has 20 heavy (non-hydrogen) atoms. The Hall–Kier alpha value is -1.87. The van der Waals surface area contributed by atoms with Gasteiger partial charge < -0.3 is 15.4 Å². The lowest BCUT2D eigenvalue weighted by molar-refractivity contribution is 0.331. The third kappa shape index (κ3) is 2.41. The molecule has 4 heteroatoms. The van der Waals surface area contributed by atoms with Crippen molar-refractivity contribution in [2.75, 3.05) is 23.8 Å². The lowest BCUT2D eigenvalue weighted by atomic mass is 10.1. The number of aryl methyl sites for hydroxylation is 1. The molecule has 0 atom stereocenters. The van der Waals surface area contributed by atoms with Crippen LogP contribution in [-0.2, 0) is 6.54 Å². The summed E-state index contributed by atoms with van der Waals surface area (Å²) in [6, 6.07) is 12.0. The Morgan fingerprint density at radius 2 is 2.05 bits per heavy atom. The highest BCUT2D eigenvalue weighted by Gasteiger charge is 2.17. The molecule has 2 aromatic carbocycles. The molecule has 3 nitrogen and oxygen atoms in total. The zero-order chi connectivity index (χ0) is 14.1. The van der Waals surface area contributed by atoms with Gasteiger partial charge in [0.1, 0.15) is 12.4 Å². The van der Waals surface area contributed by atoms with Gasteiger partial charge in [0.2, 0.25) is 0 Å². The van der Waals surface area contributed by atoms with Crippen LogP contribution < -0.4 is 15.4 Å². The standard InChI is InChI=1S/C16H17ClN2O/c1-11-8-14(18)13(17)9-15(11)19-6-7-20-16-5-3-2-4-12(16)10-19/h2-5,8-9H,6-7,10,18H2,1H3. The van der Waals surface area contributed by atoms with Crippen LogP contribution in [0.3, 0.4) is 0 Å². The topological polar surface area (TPSA) is 38.5 Å². The van der Waals surface area contributed by atoms with Crippen molar-refractivity contribution < 1.29 is 4.74 Å². The van der Waals surface area contributed by atoms with Crippen LogP contribution in [0.5, 0.6) is 5.75 Å². The second-order valence-corrected chi connectivity index (χ2v) is 5.45. The molecular formula is C16H17ClN2O. The second-order valence-electron chi connectivity index (χ2n) is 5.04. The van der Waals surface area contributed by atoms with Gasteiger partial charge in [0, 0.05) is 17.8 Å². The van der Waals surface area contributed by atoms with Crippen molar-refractivity contribution >= 4 is 23.0 Å². The molecule has 0 amide bonds. The van der Waals surface area contributed by atoms with E-state index in [9.17, 15) is 0 Å². The number of hydrogen-bond donors (Lipinski definition) is 1. The third-order valence-corrected chi connectivity index (χ3v) is 3.94. The fraction of sp³-hybridized carbons (Fsp3) is 0.250. The molecule has 2 N–H and O–H groups in total. The first-order valence-electron chi connectivity index (χ1n) is 6.66. The Bertz CT molecular complexity index is 642. The Balaban J connectivity index is 1.97. The van der Waals surface area contributed by atoms with Crippen molar-refractivity contribution in [3.63, 3.8) is 0 Å². The van der Waals surface area contributed by atoms with Gasteiger partial charge in [-0.05, 0) is 30.7 Å². The molecule has 0 aliphatic carbocycles. The van der Waals surface area contributed by atoms with E-state index in [1.165, 1.54) is 5.56 Å². The van der Waals surface area contributed by atoms with Gasteiger partial charge in [-0.1, -0.05) is 29.8 Å². The molecule has 104 valence electrons. The molecule has 0 saturated carbocycles. The second kappa shape index (κ2) is 5.25. The van der Waals surface area contributed by atoms with Crippen LogP contribution in [0.15, 0.2) is 36.4 Å². The molecular weight excluding hydrogens is 272 g/mol. The van der Waals surface area contributed by atoms with Gasteiger partial charge >= 0.3 is 0 Å². The first kappa shape index (κ1) is 13.1. The van der Waals surface area contributed by atoms with Crippen LogP contribution in [-0.4, -0.2) is 13.2 Å². The fourth-order valence-electron chi connectivity index (χ4n) is 2.57. The highest BCUT2D eigenvalue weighted by Crippen LogP contribution is 2.32. The molecule has 1 heterocycles. The van der Waals surface area contributed by atoms with Crippen molar-refractivity contribution in [2.45, 2.75) is 13.5 Å². The van der Waals surface area contributed by atoms with Crippen molar-refractivity contribution in [1.82, 2.24) is 0 Å². The molecule has 0 radical (unpaired) electrons. The summed E-state index contributed by atoms with van der Waals surface area (Å²) in [5.74, 6) is 0.967. The molecule has 1 aliphatic heterocycles. The van der Waals surface area contributed by atoms with E-state index < -0.39 is 0 Å². The highest BCUT2D eigenvalue weighted by atomic mass is 35.5. The predicted octanol–water partition coefficient (Wildman–Crippen LogP) is 3.63. The summed E-state index contributed by atoms with van der Waals surface area (Å²) in [4.78, 5) is 2.28. The Morgan fingerprint density at radius 3 is 2.90 bits per heavy atom. The van der Waals surface area contributed by atoms with Crippen LogP contribution in [0.4, 0.5) is 11.4 Å². The van der Waals surface area contributed by atoms with Crippen molar-refractivity contribution in [1.29, 1.82) is 0 Å². The van der Waals surface area contributed by atoms with Gasteiger partial charge in [0.05, 0.1) is 17.3 Å². The van der Waals surface area contributed by atoms with Crippen LogP contribution in [0.25, 0.3) is 0 Å². The van der Waals surface area contributed by atoms with Crippen LogP contribution >= 0.6 is 11.6 Å². The minimum Gasteiger partial charge on any atom is -0.491 e. The zero-order valence-electron chi connectivity index (χ0n) is 11.4. The van der Waals surface area contributed by atoms with Crippen molar-refractivity contribution in [3.8, 4) is 5.75 Å². The van der Waals surface area contributed by atoms with E-state index >= 15 is 0 Å². The molecule has 0 saturated heterocycles. The zero-order valence-corrected chi connectivity index (χ0v) is 12.2. The lowest BCUT2D eigenvalue weighted by Gasteiger charge is -2.24. The van der Waals surface area contributed by atoms with E-state index in [0.29, 0.717) is 17.3 Å². The summed E-state index contributed by atoms with van der Waals surface area (Å²) in [6.45, 7) is 4.37. The predicted molar refractivity (Wildman–Crippen MR) is 83.6 cm³/mol. The number of benzene rings is 2. The molecule has 1 aliphatic rings. The van der Waals surface area contributed by atoms with E-state index in [4.69, 9.17) is 22.1 Å². The highest BCUT2D eigenvalue weighted by molar-refractivity contribution is 6.33. The monoisotopic (exact) mass is 288 g/mol. The third-order valence-electron chi connectivity index (χ3n) is 3.61. The maximum Gasteiger partial charge on any atom is 0.124 e. The first-order valence-corrected chi connectivity index (χ1v) is 7.04. The van der Waals surface area contributed by atoms with Crippen LogP contribution in [0, 0.1) is 6.92 Å². The Kier molecular flexibility index (Phi) is 3.45. The summed E-state index contributed by atoms with van der Waals surface area (Å²) in [5, 5.41) is 0.601. The number of para-hydroxylation sites is 1. The van der Waals surface area contributed by atoms with Gasteiger partial charge in [0.15, 0.2) is 0 Å². The smallest absolute Gasteiger partial charge is 0.124 e. The number of fused-ring (bicyclic) bond motifs is 1. The average molecular weight is 289 g/mol. The SMILES string of the molecule is Cc1cc(N)c(Cl)cc1N1CCOc2ccccc2C1. The summed E-state index contributed by atoms with van der Waals surface area (Å²) in [5.41, 5.74) is 9.91. The van der Waals surface area contributed by atoms with E-state index in [-0.39, 0.29) is 0 Å². The maximum atomic E-state index is 6.16. The minimum atomic E-state index is 0.601. The molecule has 3 rings (SSSR count). The van der Waals surface area contributed by atoms with Crippen molar-refractivity contribution in [2.24, 2.45) is 0 Å².